The predicted octanol–water partition coefficient (Wildman–Crippen LogP) is 4.35. The molecule has 0 saturated heterocycles. The molecule has 1 aromatic heterocycles. The van der Waals surface area contributed by atoms with E-state index in [1.54, 1.807) is 12.4 Å². The topological polar surface area (TPSA) is 62.2 Å². The number of aromatic nitrogens is 1. The molecule has 2 rings (SSSR count). The molecule has 0 saturated carbocycles. The van der Waals surface area contributed by atoms with Gasteiger partial charge < -0.3 is 10.4 Å². The lowest BCUT2D eigenvalue weighted by Crippen LogP contribution is -2.27. The van der Waals surface area contributed by atoms with Crippen molar-refractivity contribution in [3.63, 3.8) is 0 Å². The van der Waals surface area contributed by atoms with Gasteiger partial charge in [0.15, 0.2) is 0 Å². The first-order valence-corrected chi connectivity index (χ1v) is 9.05. The molecule has 0 fully saturated rings. The van der Waals surface area contributed by atoms with Crippen LogP contribution >= 0.6 is 0 Å². The lowest BCUT2D eigenvalue weighted by Gasteiger charge is -2.28. The van der Waals surface area contributed by atoms with Crippen LogP contribution in [0.4, 0.5) is 0 Å². The summed E-state index contributed by atoms with van der Waals surface area (Å²) in [5, 5.41) is 13.7. The number of benzene rings is 1. The van der Waals surface area contributed by atoms with Crippen LogP contribution in [0.15, 0.2) is 36.7 Å². The molecule has 0 aliphatic rings. The number of aromatic hydroxyl groups is 1. The van der Waals surface area contributed by atoms with Gasteiger partial charge in [0.1, 0.15) is 5.75 Å². The number of nitrogens with zero attached hydrogens (tertiary/aromatic N) is 1. The molecule has 0 aliphatic heterocycles. The number of pyridine rings is 1. The molecule has 140 valence electrons. The van der Waals surface area contributed by atoms with E-state index in [0.29, 0.717) is 17.9 Å². The number of carbonyl (C=O) groups excluding carboxylic acids is 1. The predicted molar refractivity (Wildman–Crippen MR) is 106 cm³/mol. The van der Waals surface area contributed by atoms with E-state index in [1.807, 2.05) is 65.8 Å². The van der Waals surface area contributed by atoms with Crippen LogP contribution in [0.3, 0.4) is 0 Å². The molecular weight excluding hydrogens is 324 g/mol. The second-order valence-corrected chi connectivity index (χ2v) is 8.78. The SMILES string of the molecule is CC(C)(C)c1cc(C(=O)NCCc2ccncc2)cc(C(C)(C)C)c1O. The molecule has 4 heteroatoms. The van der Waals surface area contributed by atoms with Crippen LogP contribution in [0.1, 0.15) is 68.6 Å². The summed E-state index contributed by atoms with van der Waals surface area (Å²) in [7, 11) is 0. The van der Waals surface area contributed by atoms with Crippen LogP contribution < -0.4 is 5.32 Å². The van der Waals surface area contributed by atoms with Gasteiger partial charge in [-0.2, -0.15) is 0 Å². The molecule has 0 radical (unpaired) electrons. The monoisotopic (exact) mass is 354 g/mol. The molecule has 0 unspecified atom stereocenters. The van der Waals surface area contributed by atoms with E-state index in [-0.39, 0.29) is 16.7 Å². The molecule has 4 nitrogen and oxygen atoms in total. The maximum Gasteiger partial charge on any atom is 0.251 e. The second kappa shape index (κ2) is 7.48. The second-order valence-electron chi connectivity index (χ2n) is 8.78. The summed E-state index contributed by atoms with van der Waals surface area (Å²) in [5.74, 6) is 0.174. The zero-order valence-corrected chi connectivity index (χ0v) is 16.7. The van der Waals surface area contributed by atoms with Gasteiger partial charge in [0.2, 0.25) is 0 Å². The number of nitrogens with one attached hydrogen (secondary N) is 1. The maximum atomic E-state index is 12.7. The fourth-order valence-corrected chi connectivity index (χ4v) is 2.88. The summed E-state index contributed by atoms with van der Waals surface area (Å²) in [6, 6.07) is 7.52. The molecule has 0 spiro atoms. The number of hydrogen-bond donors (Lipinski definition) is 2. The van der Waals surface area contributed by atoms with Crippen LogP contribution in [-0.2, 0) is 17.3 Å². The molecule has 0 aliphatic carbocycles. The number of phenolic OH excluding ortho intramolecular Hbond substituents is 1. The minimum absolute atomic E-state index is 0.116. The quantitative estimate of drug-likeness (QED) is 0.858. The minimum Gasteiger partial charge on any atom is -0.507 e. The zero-order valence-electron chi connectivity index (χ0n) is 16.7. The summed E-state index contributed by atoms with van der Waals surface area (Å²) in [6.45, 7) is 12.8. The Balaban J connectivity index is 2.26. The first kappa shape index (κ1) is 20.0. The third kappa shape index (κ3) is 4.84. The number of amides is 1. The van der Waals surface area contributed by atoms with Crippen LogP contribution in [0, 0.1) is 0 Å². The Kier molecular flexibility index (Phi) is 5.74. The van der Waals surface area contributed by atoms with Crippen LogP contribution in [0.2, 0.25) is 0 Å². The van der Waals surface area contributed by atoms with Gasteiger partial charge in [0.05, 0.1) is 0 Å². The average molecular weight is 354 g/mol. The largest absolute Gasteiger partial charge is 0.507 e. The van der Waals surface area contributed by atoms with Crippen LogP contribution in [0.5, 0.6) is 5.75 Å². The van der Waals surface area contributed by atoms with Crippen molar-refractivity contribution < 1.29 is 9.90 Å². The lowest BCUT2D eigenvalue weighted by atomic mass is 9.78. The number of carbonyl (C=O) groups is 1. The highest BCUT2D eigenvalue weighted by Crippen LogP contribution is 2.39. The van der Waals surface area contributed by atoms with Crippen LogP contribution in [-0.4, -0.2) is 22.5 Å². The fourth-order valence-electron chi connectivity index (χ4n) is 2.88. The smallest absolute Gasteiger partial charge is 0.251 e. The maximum absolute atomic E-state index is 12.7. The Labute approximate surface area is 156 Å². The van der Waals surface area contributed by atoms with Gasteiger partial charge in [-0.1, -0.05) is 41.5 Å². The summed E-state index contributed by atoms with van der Waals surface area (Å²) in [5.41, 5.74) is 2.81. The highest BCUT2D eigenvalue weighted by molar-refractivity contribution is 5.95. The van der Waals surface area contributed by atoms with Gasteiger partial charge >= 0.3 is 0 Å². The van der Waals surface area contributed by atoms with Crippen molar-refractivity contribution in [2.24, 2.45) is 0 Å². The fraction of sp³-hybridized carbons (Fsp3) is 0.455. The van der Waals surface area contributed by atoms with Crippen LogP contribution in [0.25, 0.3) is 0 Å². The van der Waals surface area contributed by atoms with Gasteiger partial charge in [-0.05, 0) is 47.1 Å². The number of rotatable bonds is 4. The molecule has 1 aromatic carbocycles. The first-order chi connectivity index (χ1) is 12.0. The minimum atomic E-state index is -0.253. The van der Waals surface area contributed by atoms with Crippen molar-refractivity contribution in [3.8, 4) is 5.75 Å². The molecule has 0 bridgehead atoms. The molecule has 2 aromatic rings. The Hall–Kier alpha value is -2.36. The van der Waals surface area contributed by atoms with Gasteiger partial charge in [0, 0.05) is 35.6 Å². The van der Waals surface area contributed by atoms with E-state index in [4.69, 9.17) is 0 Å². The average Bonchev–Trinajstić information content (AvgIpc) is 2.53. The van der Waals surface area contributed by atoms with Crippen molar-refractivity contribution in [1.82, 2.24) is 10.3 Å². The highest BCUT2D eigenvalue weighted by atomic mass is 16.3. The van der Waals surface area contributed by atoms with Gasteiger partial charge in [-0.25, -0.2) is 0 Å². The molecule has 26 heavy (non-hydrogen) atoms. The van der Waals surface area contributed by atoms with E-state index in [0.717, 1.165) is 23.1 Å². The lowest BCUT2D eigenvalue weighted by molar-refractivity contribution is 0.0954. The Morgan fingerprint density at radius 2 is 1.50 bits per heavy atom. The normalized spacial score (nSPS) is 12.1. The molecule has 2 N–H and O–H groups in total. The van der Waals surface area contributed by atoms with Gasteiger partial charge in [-0.3, -0.25) is 9.78 Å². The van der Waals surface area contributed by atoms with Crippen molar-refractivity contribution in [1.29, 1.82) is 0 Å². The third-order valence-electron chi connectivity index (χ3n) is 4.44. The van der Waals surface area contributed by atoms with E-state index >= 15 is 0 Å². The molecule has 0 atom stereocenters. The van der Waals surface area contributed by atoms with Gasteiger partial charge in [0.25, 0.3) is 5.91 Å². The van der Waals surface area contributed by atoms with Crippen molar-refractivity contribution in [2.75, 3.05) is 6.54 Å². The van der Waals surface area contributed by atoms with Crippen molar-refractivity contribution in [2.45, 2.75) is 58.8 Å². The van der Waals surface area contributed by atoms with E-state index in [9.17, 15) is 9.90 Å². The summed E-state index contributed by atoms with van der Waals surface area (Å²) in [6.07, 6.45) is 4.26. The van der Waals surface area contributed by atoms with Crippen molar-refractivity contribution >= 4 is 5.91 Å². The summed E-state index contributed by atoms with van der Waals surface area (Å²) in [4.78, 5) is 16.7. The zero-order chi connectivity index (χ0) is 19.5. The Morgan fingerprint density at radius 1 is 1.00 bits per heavy atom. The Morgan fingerprint density at radius 3 is 1.96 bits per heavy atom. The molecule has 1 amide bonds. The van der Waals surface area contributed by atoms with Crippen molar-refractivity contribution in [3.05, 3.63) is 58.9 Å². The molecule has 1 heterocycles. The number of hydrogen-bond acceptors (Lipinski definition) is 3. The van der Waals surface area contributed by atoms with E-state index in [1.165, 1.54) is 0 Å². The number of phenols is 1. The van der Waals surface area contributed by atoms with E-state index < -0.39 is 0 Å². The molecular formula is C22H30N2O2. The Bertz CT molecular complexity index is 734. The highest BCUT2D eigenvalue weighted by Gasteiger charge is 2.27. The standard InChI is InChI=1S/C22H30N2O2/c1-21(2,3)17-13-16(14-18(19(17)25)22(4,5)6)20(26)24-12-9-15-7-10-23-11-8-15/h7-8,10-11,13-14,25H,9,12H2,1-6H3,(H,24,26). The van der Waals surface area contributed by atoms with E-state index in [2.05, 4.69) is 10.3 Å². The van der Waals surface area contributed by atoms with Gasteiger partial charge in [-0.15, -0.1) is 0 Å². The first-order valence-electron chi connectivity index (χ1n) is 9.05. The summed E-state index contributed by atoms with van der Waals surface area (Å²) >= 11 is 0. The summed E-state index contributed by atoms with van der Waals surface area (Å²) < 4.78 is 0. The third-order valence-corrected chi connectivity index (χ3v) is 4.44.